The molecular weight excluding hydrogens is 288 g/mol. The van der Waals surface area contributed by atoms with E-state index in [2.05, 4.69) is 31.4 Å². The first-order chi connectivity index (χ1) is 11.1. The predicted octanol–water partition coefficient (Wildman–Crippen LogP) is 3.64. The molecule has 0 aromatic rings. The lowest BCUT2D eigenvalue weighted by Crippen LogP contribution is -2.36. The van der Waals surface area contributed by atoms with E-state index in [4.69, 9.17) is 4.74 Å². The fraction of sp³-hybridized carbons (Fsp3) is 0.650. The van der Waals surface area contributed by atoms with Gasteiger partial charge in [-0.3, -0.25) is 0 Å². The minimum absolute atomic E-state index is 0.364. The lowest BCUT2D eigenvalue weighted by atomic mass is 9.97. The average Bonchev–Trinajstić information content (AvgIpc) is 2.53. The highest BCUT2D eigenvalue weighted by molar-refractivity contribution is 5.69. The van der Waals surface area contributed by atoms with Gasteiger partial charge in [-0.25, -0.2) is 0 Å². The monoisotopic (exact) mass is 319 g/mol. The van der Waals surface area contributed by atoms with Crippen molar-refractivity contribution >= 4 is 5.97 Å². The van der Waals surface area contributed by atoms with Crippen molar-refractivity contribution in [2.45, 2.75) is 70.8 Å². The first kappa shape index (κ1) is 21.5. The summed E-state index contributed by atoms with van der Waals surface area (Å²) in [5, 5.41) is 10.6. The van der Waals surface area contributed by atoms with Crippen molar-refractivity contribution < 1.29 is 14.6 Å². The number of aliphatic carboxylic acids is 1. The topological polar surface area (TPSA) is 49.4 Å². The van der Waals surface area contributed by atoms with Crippen LogP contribution in [-0.4, -0.2) is 19.2 Å². The zero-order chi connectivity index (χ0) is 17.3. The molecule has 0 aromatic heterocycles. The molecule has 0 saturated heterocycles. The van der Waals surface area contributed by atoms with Crippen molar-refractivity contribution in [1.82, 2.24) is 0 Å². The van der Waals surface area contributed by atoms with E-state index in [1.54, 1.807) is 0 Å². The van der Waals surface area contributed by atoms with E-state index >= 15 is 0 Å². The molecule has 0 aromatic carbocycles. The average molecular weight is 319 g/mol. The van der Waals surface area contributed by atoms with Crippen LogP contribution in [-0.2, 0) is 9.53 Å². The zero-order valence-electron chi connectivity index (χ0n) is 14.7. The van der Waals surface area contributed by atoms with Gasteiger partial charge in [0.2, 0.25) is 0 Å². The number of hydrogen-bond acceptors (Lipinski definition) is 3. The number of rotatable bonds is 13. The van der Waals surface area contributed by atoms with Crippen LogP contribution in [0.3, 0.4) is 0 Å². The van der Waals surface area contributed by atoms with Gasteiger partial charge in [0, 0.05) is 13.5 Å². The highest BCUT2D eigenvalue weighted by Gasteiger charge is 2.05. The molecule has 2 unspecified atom stereocenters. The Morgan fingerprint density at radius 3 is 2.61 bits per heavy atom. The molecule has 3 heteroatoms. The number of ether oxygens (including phenoxy) is 1. The highest BCUT2D eigenvalue weighted by atomic mass is 16.5. The van der Waals surface area contributed by atoms with Crippen LogP contribution in [0.25, 0.3) is 0 Å². The van der Waals surface area contributed by atoms with E-state index < -0.39 is 12.1 Å². The number of carbonyl (C=O) groups excluding carboxylic acids is 1. The summed E-state index contributed by atoms with van der Waals surface area (Å²) in [6, 6.07) is 0. The third-order valence-electron chi connectivity index (χ3n) is 3.81. The maximum atomic E-state index is 10.6. The smallest absolute Gasteiger partial charge is 0.0973 e. The molecule has 2 atom stereocenters. The second kappa shape index (κ2) is 15.4. The minimum Gasteiger partial charge on any atom is -0.547 e. The van der Waals surface area contributed by atoms with Crippen LogP contribution in [0.2, 0.25) is 0 Å². The van der Waals surface area contributed by atoms with Crippen LogP contribution in [0.1, 0.15) is 64.7 Å². The Hall–Kier alpha value is -1.53. The van der Waals surface area contributed by atoms with Gasteiger partial charge in [0.25, 0.3) is 0 Å². The third kappa shape index (κ3) is 13.8. The maximum Gasteiger partial charge on any atom is 0.0973 e. The van der Waals surface area contributed by atoms with Crippen molar-refractivity contribution in [2.75, 3.05) is 7.11 Å². The molecule has 0 aliphatic carbocycles. The van der Waals surface area contributed by atoms with Gasteiger partial charge in [0.05, 0.1) is 12.1 Å². The standard InChI is InChI=1S/C20H32O3/c1-4-5-6-12-15-18(2)16-13-10-8-7-9-11-14-17-19(23-3)20(21)22/h4,7-8,18-19H,1,5-6,10,12-17H2,2-3H3,(H,21,22)/p-1/b8-7-. The number of carbonyl (C=O) groups is 1. The molecule has 23 heavy (non-hydrogen) atoms. The number of carboxylic acid groups (broad SMARTS) is 1. The van der Waals surface area contributed by atoms with E-state index in [0.29, 0.717) is 12.8 Å². The Balaban J connectivity index is 3.62. The lowest BCUT2D eigenvalue weighted by Gasteiger charge is -2.13. The Morgan fingerprint density at radius 2 is 1.96 bits per heavy atom. The fourth-order valence-corrected chi connectivity index (χ4v) is 2.32. The van der Waals surface area contributed by atoms with Crippen LogP contribution in [0.15, 0.2) is 24.8 Å². The van der Waals surface area contributed by atoms with Gasteiger partial charge in [0.1, 0.15) is 0 Å². The Morgan fingerprint density at radius 1 is 1.22 bits per heavy atom. The molecule has 0 spiro atoms. The van der Waals surface area contributed by atoms with Gasteiger partial charge in [-0.1, -0.05) is 50.2 Å². The second-order valence-electron chi connectivity index (χ2n) is 5.91. The SMILES string of the molecule is C=CCCCCC(C)CCC/C=C\C#CCCC(OC)C(=O)[O-]. The van der Waals surface area contributed by atoms with Crippen LogP contribution in [0, 0.1) is 17.8 Å². The number of methoxy groups -OCH3 is 1. The summed E-state index contributed by atoms with van der Waals surface area (Å²) in [5.74, 6) is 5.47. The molecule has 0 aliphatic rings. The molecule has 0 aliphatic heterocycles. The number of unbranched alkanes of at least 4 members (excludes halogenated alkanes) is 3. The fourth-order valence-electron chi connectivity index (χ4n) is 2.32. The van der Waals surface area contributed by atoms with Gasteiger partial charge in [-0.15, -0.1) is 6.58 Å². The Labute approximate surface area is 141 Å². The van der Waals surface area contributed by atoms with Crippen LogP contribution in [0.4, 0.5) is 0 Å². The molecule has 0 amide bonds. The van der Waals surface area contributed by atoms with Crippen molar-refractivity contribution in [3.63, 3.8) is 0 Å². The second-order valence-corrected chi connectivity index (χ2v) is 5.91. The molecule has 0 saturated carbocycles. The van der Waals surface area contributed by atoms with E-state index in [9.17, 15) is 9.90 Å². The summed E-state index contributed by atoms with van der Waals surface area (Å²) in [4.78, 5) is 10.6. The molecule has 0 bridgehead atoms. The summed E-state index contributed by atoms with van der Waals surface area (Å²) >= 11 is 0. The molecule has 0 fully saturated rings. The normalized spacial score (nSPS) is 13.3. The zero-order valence-corrected chi connectivity index (χ0v) is 14.7. The minimum atomic E-state index is -1.18. The van der Waals surface area contributed by atoms with Crippen molar-refractivity contribution in [3.05, 3.63) is 24.8 Å². The maximum absolute atomic E-state index is 10.6. The largest absolute Gasteiger partial charge is 0.547 e. The summed E-state index contributed by atoms with van der Waals surface area (Å²) < 4.78 is 4.78. The third-order valence-corrected chi connectivity index (χ3v) is 3.81. The first-order valence-electron chi connectivity index (χ1n) is 8.59. The van der Waals surface area contributed by atoms with Crippen molar-refractivity contribution in [1.29, 1.82) is 0 Å². The van der Waals surface area contributed by atoms with E-state index in [1.807, 2.05) is 12.2 Å². The summed E-state index contributed by atoms with van der Waals surface area (Å²) in [7, 11) is 1.37. The molecule has 3 nitrogen and oxygen atoms in total. The van der Waals surface area contributed by atoms with Gasteiger partial charge >= 0.3 is 0 Å². The van der Waals surface area contributed by atoms with E-state index in [1.165, 1.54) is 39.2 Å². The van der Waals surface area contributed by atoms with Gasteiger partial charge < -0.3 is 14.6 Å². The van der Waals surface area contributed by atoms with E-state index in [0.717, 1.165) is 18.8 Å². The van der Waals surface area contributed by atoms with Crippen molar-refractivity contribution in [2.24, 2.45) is 5.92 Å². The van der Waals surface area contributed by atoms with Crippen molar-refractivity contribution in [3.8, 4) is 11.8 Å². The lowest BCUT2D eigenvalue weighted by molar-refractivity contribution is -0.316. The molecule has 0 heterocycles. The van der Waals surface area contributed by atoms with Crippen LogP contribution in [0.5, 0.6) is 0 Å². The van der Waals surface area contributed by atoms with Gasteiger partial charge in [-0.2, -0.15) is 0 Å². The highest BCUT2D eigenvalue weighted by Crippen LogP contribution is 2.16. The van der Waals surface area contributed by atoms with Crippen LogP contribution >= 0.6 is 0 Å². The van der Waals surface area contributed by atoms with Crippen LogP contribution < -0.4 is 5.11 Å². The molecule has 130 valence electrons. The Bertz CT molecular complexity index is 401. The van der Waals surface area contributed by atoms with Gasteiger partial charge in [-0.05, 0) is 44.1 Å². The van der Waals surface area contributed by atoms with Gasteiger partial charge in [0.15, 0.2) is 0 Å². The number of hydrogen-bond donors (Lipinski definition) is 0. The summed E-state index contributed by atoms with van der Waals surface area (Å²) in [6.45, 7) is 6.06. The molecule has 0 N–H and O–H groups in total. The summed E-state index contributed by atoms with van der Waals surface area (Å²) in [5.41, 5.74) is 0. The number of allylic oxidation sites excluding steroid dienone is 3. The molecule has 0 radical (unpaired) electrons. The summed E-state index contributed by atoms with van der Waals surface area (Å²) in [6.07, 6.45) is 14.4. The molecular formula is C20H31O3-. The number of carboxylic acids is 1. The quantitative estimate of drug-likeness (QED) is 0.296. The first-order valence-corrected chi connectivity index (χ1v) is 8.59. The van der Waals surface area contributed by atoms with E-state index in [-0.39, 0.29) is 0 Å². The predicted molar refractivity (Wildman–Crippen MR) is 93.6 cm³/mol. The Kier molecular flexibility index (Phi) is 14.3. The molecule has 0 rings (SSSR count).